The number of nitrogens with zero attached hydrogens (tertiary/aromatic N) is 2. The van der Waals surface area contributed by atoms with Gasteiger partial charge in [-0.2, -0.15) is 0 Å². The van der Waals surface area contributed by atoms with E-state index in [2.05, 4.69) is 364 Å². The van der Waals surface area contributed by atoms with Gasteiger partial charge in [0.25, 0.3) is 0 Å². The van der Waals surface area contributed by atoms with Crippen LogP contribution in [0.3, 0.4) is 0 Å². The molecule has 570 valence electrons. The van der Waals surface area contributed by atoms with Crippen molar-refractivity contribution in [2.45, 2.75) is 287 Å². The molecule has 10 rings (SSSR count). The minimum atomic E-state index is -3.48. The first-order chi connectivity index (χ1) is 47.0. The van der Waals surface area contributed by atoms with Gasteiger partial charge < -0.3 is 14.9 Å². The fraction of sp³-hybridized carbons (Fsp3) is 0.490. The van der Waals surface area contributed by atoms with Crippen LogP contribution < -0.4 is 9.47 Å². The zero-order valence-corrected chi connectivity index (χ0v) is 76.8. The number of fused-ring (bicyclic) bond motifs is 6. The molecule has 106 heavy (non-hydrogen) atoms. The van der Waals surface area contributed by atoms with Crippen LogP contribution in [-0.4, -0.2) is 43.5 Å². The minimum Gasteiger partial charge on any atom is -0.358 e. The first kappa shape index (κ1) is 87.2. The van der Waals surface area contributed by atoms with E-state index in [-0.39, 0.29) is 116 Å². The van der Waals surface area contributed by atoms with Crippen molar-refractivity contribution in [1.29, 1.82) is 0 Å². The first-order valence-electron chi connectivity index (χ1n) is 38.5. The van der Waals surface area contributed by atoms with E-state index in [9.17, 15) is 10.2 Å². The normalized spacial score (nSPS) is 13.5. The molecule has 10 aromatic rings. The molecule has 0 aliphatic rings. The standard InChI is InChI=1S/C96H130GeN2O4.2CH3.Zr/c1-59(2)97(60(3)4,57-102-83-43-37-61(89(11,12)13)45-73(83)75-47-67(95(29,30)55-87(5,6)7)53-81(85(75)100)98-77-49-63(91(17,18)19)33-39-69(77)70-40-34-64(50-78(70)98)92(20,21)22)58-103-84-44-38-62(90(14,15)16)46-74(84)76-48-68(96(31,32)56-88(8,9)10)54-82(86(76)101)99-79-51-65(93(23,24)25)35-41-71(79)72-42-36-66(52-80(72)99)94(26,27)28;;;/h33-54,59-60,100-101H,55-58H2,1-32H3;2*1H3;/q;2*-1;+2. The molecule has 0 fully saturated rings. The Morgan fingerprint density at radius 2 is 0.538 bits per heavy atom. The van der Waals surface area contributed by atoms with E-state index in [0.717, 1.165) is 124 Å². The van der Waals surface area contributed by atoms with Crippen molar-refractivity contribution < 1.29 is 45.9 Å². The Morgan fingerprint density at radius 1 is 0.311 bits per heavy atom. The summed E-state index contributed by atoms with van der Waals surface area (Å²) in [6.45, 7) is 74.1. The smallest absolute Gasteiger partial charge is 0.358 e. The molecule has 2 aromatic heterocycles. The molecule has 8 heteroatoms. The van der Waals surface area contributed by atoms with E-state index in [1.807, 2.05) is 0 Å². The molecular formula is C98H136GeN2O4Zr. The summed E-state index contributed by atoms with van der Waals surface area (Å²) in [6, 6.07) is 50.4. The number of aromatic hydroxyl groups is 2. The van der Waals surface area contributed by atoms with Gasteiger partial charge in [0.05, 0.1) is 0 Å². The van der Waals surface area contributed by atoms with Crippen molar-refractivity contribution >= 4 is 56.9 Å². The summed E-state index contributed by atoms with van der Waals surface area (Å²) in [4.78, 5) is 0. The van der Waals surface area contributed by atoms with Crippen LogP contribution in [0.25, 0.3) is 77.2 Å². The molecule has 0 aliphatic heterocycles. The van der Waals surface area contributed by atoms with Gasteiger partial charge in [0, 0.05) is 0 Å². The summed E-state index contributed by atoms with van der Waals surface area (Å²) in [5.41, 5.74) is 18.2. The maximum atomic E-state index is 13.8. The van der Waals surface area contributed by atoms with Crippen molar-refractivity contribution in [2.75, 3.05) is 10.9 Å². The second-order valence-corrected chi connectivity index (χ2v) is 52.9. The molecular weight excluding hydrogens is 1430 g/mol. The van der Waals surface area contributed by atoms with Gasteiger partial charge in [-0.25, -0.2) is 0 Å². The molecule has 0 amide bonds. The topological polar surface area (TPSA) is 68.8 Å². The van der Waals surface area contributed by atoms with E-state index in [0.29, 0.717) is 10.9 Å². The molecule has 8 aromatic carbocycles. The van der Waals surface area contributed by atoms with Crippen LogP contribution in [-0.2, 0) is 69.5 Å². The van der Waals surface area contributed by atoms with E-state index >= 15 is 0 Å². The maximum absolute atomic E-state index is 13.8. The second kappa shape index (κ2) is 30.0. The second-order valence-electron chi connectivity index (χ2n) is 41.7. The SMILES string of the molecule is C[CH](C)[Ge]([CH2]Oc1ccc(C(C)(C)C)cc1-c1cc(C(C)(C)CC(C)(C)C)cc(-n2c3cc(C(C)(C)C)ccc3c3ccc(C(C)(C)C)cc32)c1O)([CH2]Oc1ccc(C(C)(C)C)cc1-c1cc(C(C)(C)CC(C)(C)C)cc(-n2c3cc(C(C)(C)C)ccc3c3ccc(C(C)(C)C)cc32)c1O)[CH](C)C.[CH3-].[CH3-].[Zr+2]. The van der Waals surface area contributed by atoms with Gasteiger partial charge in [-0.15, -0.1) is 0 Å². The van der Waals surface area contributed by atoms with Crippen LogP contribution in [0.5, 0.6) is 23.0 Å². The molecule has 6 nitrogen and oxygen atoms in total. The number of rotatable bonds is 16. The molecule has 2 heterocycles. The first-order valence-corrected chi connectivity index (χ1v) is 43.9. The van der Waals surface area contributed by atoms with Gasteiger partial charge in [-0.1, -0.05) is 83.1 Å². The Labute approximate surface area is 665 Å². The maximum Gasteiger partial charge on any atom is 2.00 e. The fourth-order valence-electron chi connectivity index (χ4n) is 16.5. The zero-order valence-electron chi connectivity index (χ0n) is 72.3. The van der Waals surface area contributed by atoms with Crippen LogP contribution >= 0.6 is 0 Å². The van der Waals surface area contributed by atoms with Crippen LogP contribution in [0.1, 0.15) is 279 Å². The largest absolute Gasteiger partial charge is 2.00 e. The van der Waals surface area contributed by atoms with E-state index in [4.69, 9.17) is 9.47 Å². The predicted octanol–water partition coefficient (Wildman–Crippen LogP) is 28.5. The molecule has 0 spiro atoms. The van der Waals surface area contributed by atoms with Gasteiger partial charge in [0.2, 0.25) is 0 Å². The van der Waals surface area contributed by atoms with E-state index in [1.165, 1.54) is 22.3 Å². The number of benzene rings is 8. The van der Waals surface area contributed by atoms with Gasteiger partial charge in [-0.3, -0.25) is 0 Å². The van der Waals surface area contributed by atoms with Gasteiger partial charge in [0.1, 0.15) is 0 Å². The summed E-state index contributed by atoms with van der Waals surface area (Å²) < 4.78 is 20.7. The van der Waals surface area contributed by atoms with Gasteiger partial charge in [0.15, 0.2) is 0 Å². The zero-order chi connectivity index (χ0) is 76.6. The number of hydrogen-bond acceptors (Lipinski definition) is 4. The molecule has 0 atom stereocenters. The number of aromatic nitrogens is 2. The van der Waals surface area contributed by atoms with Crippen LogP contribution in [0.2, 0.25) is 9.50 Å². The Balaban J connectivity index is 0.00000523. The van der Waals surface area contributed by atoms with Crippen LogP contribution in [0, 0.1) is 25.7 Å². The van der Waals surface area contributed by atoms with Gasteiger partial charge >= 0.3 is 572 Å². The molecule has 0 saturated heterocycles. The van der Waals surface area contributed by atoms with Crippen LogP contribution in [0.15, 0.2) is 133 Å². The summed E-state index contributed by atoms with van der Waals surface area (Å²) in [5, 5.41) is 32.3. The molecule has 0 bridgehead atoms. The van der Waals surface area contributed by atoms with Crippen molar-refractivity contribution in [3.8, 4) is 56.6 Å². The average Bonchev–Trinajstić information content (AvgIpc) is 1.53. The Kier molecular flexibility index (Phi) is 24.7. The van der Waals surface area contributed by atoms with Crippen molar-refractivity contribution in [3.63, 3.8) is 0 Å². The molecule has 0 radical (unpaired) electrons. The predicted molar refractivity (Wildman–Crippen MR) is 462 cm³/mol. The fourth-order valence-corrected chi connectivity index (χ4v) is 24.1. The molecule has 0 unspecified atom stereocenters. The monoisotopic (exact) mass is 1570 g/mol. The van der Waals surface area contributed by atoms with Crippen molar-refractivity contribution in [3.05, 3.63) is 193 Å². The van der Waals surface area contributed by atoms with Crippen molar-refractivity contribution in [1.82, 2.24) is 9.13 Å². The summed E-state index contributed by atoms with van der Waals surface area (Å²) in [5.74, 6) is 1.95. The summed E-state index contributed by atoms with van der Waals surface area (Å²) in [7, 11) is 0. The average molecular weight is 1570 g/mol. The Hall–Kier alpha value is -6.01. The third kappa shape index (κ3) is 17.7. The van der Waals surface area contributed by atoms with Crippen LogP contribution in [0.4, 0.5) is 0 Å². The molecule has 0 aliphatic carbocycles. The molecule has 2 N–H and O–H groups in total. The summed E-state index contributed by atoms with van der Waals surface area (Å²) in [6.07, 6.45) is 1.84. The minimum absolute atomic E-state index is 0. The number of phenols is 2. The van der Waals surface area contributed by atoms with E-state index < -0.39 is 13.3 Å². The van der Waals surface area contributed by atoms with E-state index in [1.54, 1.807) is 0 Å². The third-order valence-corrected chi connectivity index (χ3v) is 35.2. The quantitative estimate of drug-likeness (QED) is 0.0747. The summed E-state index contributed by atoms with van der Waals surface area (Å²) >= 11 is -3.48. The third-order valence-electron chi connectivity index (χ3n) is 22.7. The number of hydrogen-bond donors (Lipinski definition) is 2. The number of phenolic OH excluding ortho intramolecular Hbond substituents is 2. The molecule has 0 saturated carbocycles. The van der Waals surface area contributed by atoms with Crippen molar-refractivity contribution in [2.24, 2.45) is 10.8 Å². The Bertz CT molecular complexity index is 4400. The number of ether oxygens (including phenoxy) is 2. The Morgan fingerprint density at radius 3 is 0.764 bits per heavy atom. The van der Waals surface area contributed by atoms with Gasteiger partial charge in [-0.05, 0) is 0 Å².